The van der Waals surface area contributed by atoms with Crippen LogP contribution in [0.1, 0.15) is 0 Å². The van der Waals surface area contributed by atoms with E-state index in [1.54, 1.807) is 0 Å². The molecule has 0 bridgehead atoms. The molecule has 0 fully saturated rings. The van der Waals surface area contributed by atoms with Crippen LogP contribution in [0.25, 0.3) is 0 Å². The Kier molecular flexibility index (Phi) is 40.1. The standard InChI is InChI=1S/3Cs.4O.V/q3*+1;;3*-1;. The van der Waals surface area contributed by atoms with Crippen molar-refractivity contribution < 1.29 is 237 Å². The summed E-state index contributed by atoms with van der Waals surface area (Å²) in [5.74, 6) is 0. The predicted molar refractivity (Wildman–Crippen MR) is 0.686 cm³/mol. The molecule has 0 aliphatic carbocycles. The first-order valence-corrected chi connectivity index (χ1v) is 3.01. The summed E-state index contributed by atoms with van der Waals surface area (Å²) in [5.41, 5.74) is 0. The van der Waals surface area contributed by atoms with E-state index in [2.05, 4.69) is 0 Å². The number of hydrogen-bond donors (Lipinski definition) is 0. The van der Waals surface area contributed by atoms with Crippen LogP contribution in [-0.4, -0.2) is 0 Å². The fourth-order valence-electron chi connectivity index (χ4n) is 0. The third-order valence-corrected chi connectivity index (χ3v) is 0. The van der Waals surface area contributed by atoms with E-state index in [1.165, 1.54) is 0 Å². The van der Waals surface area contributed by atoms with Gasteiger partial charge >= 0.3 is 237 Å². The van der Waals surface area contributed by atoms with Crippen molar-refractivity contribution in [2.24, 2.45) is 0 Å². The molecule has 32 valence electrons. The van der Waals surface area contributed by atoms with E-state index in [-0.39, 0.29) is 207 Å². The Bertz CT molecular complexity index is 57.4. The van der Waals surface area contributed by atoms with Crippen molar-refractivity contribution in [1.82, 2.24) is 0 Å². The molecule has 0 aliphatic heterocycles. The Hall–Kier alpha value is 6.42. The first kappa shape index (κ1) is 23.9. The van der Waals surface area contributed by atoms with Crippen molar-refractivity contribution in [2.75, 3.05) is 0 Å². The topological polar surface area (TPSA) is 86.2 Å². The second-order valence-electron chi connectivity index (χ2n) is 0.447. The first-order valence-electron chi connectivity index (χ1n) is 0.730. The Morgan fingerprint density at radius 2 is 0.875 bits per heavy atom. The zero-order valence-electron chi connectivity index (χ0n) is 5.08. The summed E-state index contributed by atoms with van der Waals surface area (Å²) in [7, 11) is 0. The van der Waals surface area contributed by atoms with Crippen LogP contribution in [0.15, 0.2) is 0 Å². The van der Waals surface area contributed by atoms with E-state index in [0.717, 1.165) is 0 Å². The molecule has 0 aromatic rings. The van der Waals surface area contributed by atoms with Gasteiger partial charge in [-0.15, -0.1) is 0 Å². The van der Waals surface area contributed by atoms with E-state index in [1.807, 2.05) is 0 Å². The van der Waals surface area contributed by atoms with Crippen LogP contribution in [0.4, 0.5) is 0 Å². The van der Waals surface area contributed by atoms with Gasteiger partial charge in [0.15, 0.2) is 0 Å². The van der Waals surface area contributed by atoms with Crippen molar-refractivity contribution in [3.63, 3.8) is 0 Å². The molecule has 8 heteroatoms. The SMILES string of the molecule is [Cs+].[Cs+].[Cs+].[O]=[V]([O-])([O-])[O-]. The first-order chi connectivity index (χ1) is 2.00. The molecule has 8 heavy (non-hydrogen) atoms. The second-order valence-corrected chi connectivity index (χ2v) is 1.84. The van der Waals surface area contributed by atoms with Gasteiger partial charge in [0.2, 0.25) is 0 Å². The molecular weight excluding hydrogens is 514 g/mol. The van der Waals surface area contributed by atoms with Crippen LogP contribution in [-0.2, 0) is 18.7 Å². The fraction of sp³-hybridized carbons (Fsp3) is 0. The third-order valence-electron chi connectivity index (χ3n) is 0. The zero-order valence-corrected chi connectivity index (χ0v) is 25.3. The van der Waals surface area contributed by atoms with Crippen LogP contribution in [0.5, 0.6) is 0 Å². The molecule has 0 amide bonds. The second kappa shape index (κ2) is 13.4. The van der Waals surface area contributed by atoms with E-state index in [4.69, 9.17) is 15.8 Å². The molecule has 0 radical (unpaired) electrons. The minimum atomic E-state index is -5.88. The van der Waals surface area contributed by atoms with Crippen LogP contribution >= 0.6 is 0 Å². The zero-order chi connectivity index (χ0) is 4.50. The van der Waals surface area contributed by atoms with Crippen LogP contribution in [0, 0.1) is 0 Å². The Morgan fingerprint density at radius 3 is 0.875 bits per heavy atom. The summed E-state index contributed by atoms with van der Waals surface area (Å²) in [4.78, 5) is 0. The monoisotopic (exact) mass is 514 g/mol. The van der Waals surface area contributed by atoms with Gasteiger partial charge in [-0.25, -0.2) is 0 Å². The molecule has 0 spiro atoms. The third kappa shape index (κ3) is 39.3. The molecule has 0 N–H and O–H groups in total. The summed E-state index contributed by atoms with van der Waals surface area (Å²) in [6.45, 7) is 0. The average molecular weight is 514 g/mol. The van der Waals surface area contributed by atoms with Crippen molar-refractivity contribution in [2.45, 2.75) is 0 Å². The van der Waals surface area contributed by atoms with Gasteiger partial charge in [0.25, 0.3) is 0 Å². The molecule has 0 aromatic carbocycles. The molecular formula is Cs3O4V. The van der Waals surface area contributed by atoms with Gasteiger partial charge in [-0.3, -0.25) is 0 Å². The number of rotatable bonds is 0. The molecule has 0 saturated carbocycles. The van der Waals surface area contributed by atoms with Crippen LogP contribution in [0.2, 0.25) is 0 Å². The molecule has 0 saturated heterocycles. The van der Waals surface area contributed by atoms with Crippen molar-refractivity contribution in [3.8, 4) is 0 Å². The predicted octanol–water partition coefficient (Wildman–Crippen LogP) is -12.7. The van der Waals surface area contributed by atoms with E-state index >= 15 is 0 Å². The molecule has 0 rings (SSSR count). The summed E-state index contributed by atoms with van der Waals surface area (Å²) >= 11 is -5.88. The van der Waals surface area contributed by atoms with Crippen LogP contribution < -0.4 is 219 Å². The van der Waals surface area contributed by atoms with Gasteiger partial charge in [0.05, 0.1) is 0 Å². The Labute approximate surface area is 228 Å². The van der Waals surface area contributed by atoms with Gasteiger partial charge in [-0.05, 0) is 0 Å². The van der Waals surface area contributed by atoms with Gasteiger partial charge in [-0.2, -0.15) is 0 Å². The van der Waals surface area contributed by atoms with Crippen molar-refractivity contribution in [3.05, 3.63) is 0 Å². The summed E-state index contributed by atoms with van der Waals surface area (Å²) in [6.07, 6.45) is 0. The van der Waals surface area contributed by atoms with Crippen molar-refractivity contribution >= 4 is 0 Å². The maximum absolute atomic E-state index is 8.61. The molecule has 0 atom stereocenters. The molecule has 0 heterocycles. The summed E-state index contributed by atoms with van der Waals surface area (Å²) in [6, 6.07) is 0. The molecule has 0 aromatic heterocycles. The van der Waals surface area contributed by atoms with Gasteiger partial charge in [0, 0.05) is 0 Å². The van der Waals surface area contributed by atoms with Gasteiger partial charge in [-0.1, -0.05) is 0 Å². The molecule has 4 nitrogen and oxygen atoms in total. The minimum absolute atomic E-state index is 0. The normalized spacial score (nSPS) is 7.38. The van der Waals surface area contributed by atoms with E-state index < -0.39 is 15.0 Å². The fourth-order valence-corrected chi connectivity index (χ4v) is 0. The summed E-state index contributed by atoms with van der Waals surface area (Å²) in [5, 5.41) is 0. The Morgan fingerprint density at radius 1 is 0.875 bits per heavy atom. The quantitative estimate of drug-likeness (QED) is 0.322. The van der Waals surface area contributed by atoms with Gasteiger partial charge in [0.1, 0.15) is 0 Å². The molecule has 0 unspecified atom stereocenters. The number of hydrogen-bond acceptors (Lipinski definition) is 4. The van der Waals surface area contributed by atoms with Crippen molar-refractivity contribution in [1.29, 1.82) is 0 Å². The maximum atomic E-state index is 8.61. The van der Waals surface area contributed by atoms with E-state index in [0.29, 0.717) is 0 Å². The van der Waals surface area contributed by atoms with Crippen LogP contribution in [0.3, 0.4) is 0 Å². The van der Waals surface area contributed by atoms with Gasteiger partial charge < -0.3 is 0 Å². The van der Waals surface area contributed by atoms with E-state index in [9.17, 15) is 0 Å². The average Bonchev–Trinajstić information content (AvgIpc) is 0.722. The summed E-state index contributed by atoms with van der Waals surface area (Å²) < 4.78 is 34.4. The Balaban J connectivity index is -0.0000000267. The molecule has 0 aliphatic rings.